The summed E-state index contributed by atoms with van der Waals surface area (Å²) >= 11 is 3.40. The molecule has 0 radical (unpaired) electrons. The summed E-state index contributed by atoms with van der Waals surface area (Å²) in [6.45, 7) is 5.28. The standard InChI is InChI=1S/C12H14BrN3O3/c1-12(2,3)19-11(17)18-7-16-10-8(6-15-16)9(13)4-5-14-10/h4-6H,7H2,1-3H3. The van der Waals surface area contributed by atoms with E-state index in [-0.39, 0.29) is 6.73 Å². The highest BCUT2D eigenvalue weighted by Crippen LogP contribution is 2.21. The van der Waals surface area contributed by atoms with Crippen LogP contribution in [0.3, 0.4) is 0 Å². The first-order valence-corrected chi connectivity index (χ1v) is 6.48. The topological polar surface area (TPSA) is 66.2 Å². The molecule has 0 saturated carbocycles. The van der Waals surface area contributed by atoms with Crippen molar-refractivity contribution in [1.82, 2.24) is 14.8 Å². The van der Waals surface area contributed by atoms with Crippen LogP contribution in [0, 0.1) is 0 Å². The predicted molar refractivity (Wildman–Crippen MR) is 72.5 cm³/mol. The Hall–Kier alpha value is -1.63. The Morgan fingerprint density at radius 1 is 1.47 bits per heavy atom. The molecule has 0 fully saturated rings. The number of aromatic nitrogens is 3. The number of fused-ring (bicyclic) bond motifs is 1. The molecule has 2 aromatic rings. The van der Waals surface area contributed by atoms with Crippen LogP contribution in [0.1, 0.15) is 20.8 Å². The average Bonchev–Trinajstić information content (AvgIpc) is 2.69. The largest absolute Gasteiger partial charge is 0.510 e. The molecule has 7 heteroatoms. The molecule has 0 aliphatic carbocycles. The van der Waals surface area contributed by atoms with Crippen LogP contribution >= 0.6 is 15.9 Å². The van der Waals surface area contributed by atoms with Gasteiger partial charge in [0.25, 0.3) is 0 Å². The van der Waals surface area contributed by atoms with E-state index in [1.165, 1.54) is 4.68 Å². The molecular formula is C12H14BrN3O3. The first kappa shape index (κ1) is 13.8. The number of pyridine rings is 1. The maximum Gasteiger partial charge on any atom is 0.510 e. The van der Waals surface area contributed by atoms with Crippen molar-refractivity contribution in [2.75, 3.05) is 0 Å². The SMILES string of the molecule is CC(C)(C)OC(=O)OCn1ncc2c(Br)ccnc21. The van der Waals surface area contributed by atoms with Crippen LogP contribution in [0.25, 0.3) is 11.0 Å². The molecule has 0 aliphatic heterocycles. The number of nitrogens with zero attached hydrogens (tertiary/aromatic N) is 3. The maximum absolute atomic E-state index is 11.4. The second-order valence-corrected chi connectivity index (χ2v) is 5.77. The fourth-order valence-electron chi connectivity index (χ4n) is 1.43. The van der Waals surface area contributed by atoms with Crippen molar-refractivity contribution in [2.24, 2.45) is 0 Å². The number of hydrogen-bond acceptors (Lipinski definition) is 5. The second kappa shape index (κ2) is 5.16. The van der Waals surface area contributed by atoms with Crippen molar-refractivity contribution in [2.45, 2.75) is 33.1 Å². The van der Waals surface area contributed by atoms with Gasteiger partial charge in [0.2, 0.25) is 0 Å². The van der Waals surface area contributed by atoms with Gasteiger partial charge in [0, 0.05) is 10.7 Å². The third kappa shape index (κ3) is 3.44. The summed E-state index contributed by atoms with van der Waals surface area (Å²) in [5, 5.41) is 4.97. The first-order valence-electron chi connectivity index (χ1n) is 5.68. The fraction of sp³-hybridized carbons (Fsp3) is 0.417. The molecule has 0 spiro atoms. The number of carbonyl (C=O) groups excluding carboxylic acids is 1. The summed E-state index contributed by atoms with van der Waals surface area (Å²) < 4.78 is 12.4. The molecule has 0 saturated heterocycles. The lowest BCUT2D eigenvalue weighted by Gasteiger charge is -2.18. The van der Waals surface area contributed by atoms with Gasteiger partial charge in [-0.15, -0.1) is 0 Å². The Morgan fingerprint density at radius 3 is 2.89 bits per heavy atom. The Labute approximate surface area is 118 Å². The minimum atomic E-state index is -0.730. The van der Waals surface area contributed by atoms with E-state index in [0.717, 1.165) is 9.86 Å². The van der Waals surface area contributed by atoms with E-state index in [9.17, 15) is 4.79 Å². The molecule has 2 rings (SSSR count). The summed E-state index contributed by atoms with van der Waals surface area (Å²) in [5.74, 6) is 0. The van der Waals surface area contributed by atoms with Crippen molar-refractivity contribution < 1.29 is 14.3 Å². The van der Waals surface area contributed by atoms with Crippen molar-refractivity contribution in [3.05, 3.63) is 22.9 Å². The van der Waals surface area contributed by atoms with Crippen LogP contribution in [0.5, 0.6) is 0 Å². The quantitative estimate of drug-likeness (QED) is 0.793. The highest BCUT2D eigenvalue weighted by atomic mass is 79.9. The highest BCUT2D eigenvalue weighted by Gasteiger charge is 2.18. The molecule has 0 amide bonds. The van der Waals surface area contributed by atoms with Crippen LogP contribution in [0.15, 0.2) is 22.9 Å². The van der Waals surface area contributed by atoms with Gasteiger partial charge in [0.05, 0.1) is 11.6 Å². The smallest absolute Gasteiger partial charge is 0.429 e. The zero-order valence-electron chi connectivity index (χ0n) is 10.9. The lowest BCUT2D eigenvalue weighted by molar-refractivity contribution is -0.0216. The van der Waals surface area contributed by atoms with Crippen LogP contribution < -0.4 is 0 Å². The van der Waals surface area contributed by atoms with Gasteiger partial charge >= 0.3 is 6.16 Å². The van der Waals surface area contributed by atoms with E-state index >= 15 is 0 Å². The maximum atomic E-state index is 11.4. The summed E-state index contributed by atoms with van der Waals surface area (Å²) in [6.07, 6.45) is 2.58. The van der Waals surface area contributed by atoms with E-state index in [4.69, 9.17) is 9.47 Å². The number of halogens is 1. The molecule has 6 nitrogen and oxygen atoms in total. The van der Waals surface area contributed by atoms with Crippen molar-refractivity contribution >= 4 is 33.1 Å². The lowest BCUT2D eigenvalue weighted by atomic mass is 10.2. The van der Waals surface area contributed by atoms with Gasteiger partial charge in [-0.2, -0.15) is 5.10 Å². The van der Waals surface area contributed by atoms with Gasteiger partial charge in [-0.25, -0.2) is 14.5 Å². The minimum Gasteiger partial charge on any atom is -0.429 e. The molecule has 0 N–H and O–H groups in total. The normalized spacial score (nSPS) is 11.6. The Morgan fingerprint density at radius 2 is 2.21 bits per heavy atom. The van der Waals surface area contributed by atoms with Gasteiger partial charge in [-0.3, -0.25) is 0 Å². The Balaban J connectivity index is 2.07. The monoisotopic (exact) mass is 327 g/mol. The predicted octanol–water partition coefficient (Wildman–Crippen LogP) is 3.10. The minimum absolute atomic E-state index is 0.0398. The summed E-state index contributed by atoms with van der Waals surface area (Å²) in [7, 11) is 0. The summed E-state index contributed by atoms with van der Waals surface area (Å²) in [4.78, 5) is 15.6. The molecule has 2 aromatic heterocycles. The summed E-state index contributed by atoms with van der Waals surface area (Å²) in [5.41, 5.74) is 0.0582. The molecule has 102 valence electrons. The van der Waals surface area contributed by atoms with Crippen molar-refractivity contribution in [1.29, 1.82) is 0 Å². The Bertz CT molecular complexity index is 604. The Kier molecular flexibility index (Phi) is 3.75. The molecule has 0 unspecified atom stereocenters. The third-order valence-corrected chi connectivity index (χ3v) is 2.87. The van der Waals surface area contributed by atoms with E-state index in [1.807, 2.05) is 6.07 Å². The molecule has 0 bridgehead atoms. The number of ether oxygens (including phenoxy) is 2. The average molecular weight is 328 g/mol. The first-order chi connectivity index (χ1) is 8.87. The number of hydrogen-bond donors (Lipinski definition) is 0. The van der Waals surface area contributed by atoms with Gasteiger partial charge in [0.1, 0.15) is 5.60 Å². The van der Waals surface area contributed by atoms with E-state index in [1.54, 1.807) is 33.2 Å². The zero-order valence-corrected chi connectivity index (χ0v) is 12.5. The fourth-order valence-corrected chi connectivity index (χ4v) is 1.83. The molecule has 0 atom stereocenters. The molecule has 19 heavy (non-hydrogen) atoms. The summed E-state index contributed by atoms with van der Waals surface area (Å²) in [6, 6.07) is 1.82. The van der Waals surface area contributed by atoms with Gasteiger partial charge in [0.15, 0.2) is 12.4 Å². The van der Waals surface area contributed by atoms with Gasteiger partial charge in [-0.05, 0) is 42.8 Å². The van der Waals surface area contributed by atoms with E-state index < -0.39 is 11.8 Å². The van der Waals surface area contributed by atoms with Crippen molar-refractivity contribution in [3.63, 3.8) is 0 Å². The number of rotatable bonds is 2. The molecule has 0 aliphatic rings. The van der Waals surface area contributed by atoms with E-state index in [0.29, 0.717) is 5.65 Å². The molecule has 0 aromatic carbocycles. The van der Waals surface area contributed by atoms with Gasteiger partial charge < -0.3 is 9.47 Å². The highest BCUT2D eigenvalue weighted by molar-refractivity contribution is 9.10. The van der Waals surface area contributed by atoms with Crippen molar-refractivity contribution in [3.8, 4) is 0 Å². The zero-order chi connectivity index (χ0) is 14.0. The molecule has 2 heterocycles. The molecular weight excluding hydrogens is 314 g/mol. The second-order valence-electron chi connectivity index (χ2n) is 4.91. The van der Waals surface area contributed by atoms with E-state index in [2.05, 4.69) is 26.0 Å². The number of carbonyl (C=O) groups is 1. The lowest BCUT2D eigenvalue weighted by Crippen LogP contribution is -2.25. The third-order valence-electron chi connectivity index (χ3n) is 2.18. The van der Waals surface area contributed by atoms with Crippen LogP contribution in [0.4, 0.5) is 4.79 Å². The van der Waals surface area contributed by atoms with Crippen LogP contribution in [-0.4, -0.2) is 26.5 Å². The van der Waals surface area contributed by atoms with Gasteiger partial charge in [-0.1, -0.05) is 0 Å². The van der Waals surface area contributed by atoms with Crippen LogP contribution in [0.2, 0.25) is 0 Å². The van der Waals surface area contributed by atoms with Crippen LogP contribution in [-0.2, 0) is 16.2 Å².